The number of fused-ring (bicyclic) bond motifs is 1. The molecule has 2 aromatic rings. The number of likely N-dealkylation sites (tertiary alicyclic amines) is 1. The van der Waals surface area contributed by atoms with E-state index in [2.05, 4.69) is 10.0 Å². The molecule has 2 amide bonds. The molecular formula is C18H23N3O3S. The smallest absolute Gasteiger partial charge is 0.321 e. The predicted octanol–water partition coefficient (Wildman–Crippen LogP) is 2.63. The van der Waals surface area contributed by atoms with Crippen molar-refractivity contribution in [3.8, 4) is 0 Å². The maximum atomic E-state index is 12.6. The Balaban J connectivity index is 1.66. The van der Waals surface area contributed by atoms with Gasteiger partial charge in [0.15, 0.2) is 0 Å². The Kier molecular flexibility index (Phi) is 5.24. The number of nitrogens with one attached hydrogen (secondary N) is 2. The summed E-state index contributed by atoms with van der Waals surface area (Å²) >= 11 is 0. The van der Waals surface area contributed by atoms with Crippen molar-refractivity contribution in [1.29, 1.82) is 0 Å². The number of carbonyl (C=O) groups is 1. The Hall–Kier alpha value is -2.12. The molecule has 7 heteroatoms. The molecule has 6 nitrogen and oxygen atoms in total. The van der Waals surface area contributed by atoms with E-state index in [0.29, 0.717) is 19.6 Å². The van der Waals surface area contributed by atoms with Gasteiger partial charge in [-0.3, -0.25) is 0 Å². The Bertz CT molecular complexity index is 862. The van der Waals surface area contributed by atoms with Gasteiger partial charge >= 0.3 is 6.03 Å². The second-order valence-electron chi connectivity index (χ2n) is 6.53. The van der Waals surface area contributed by atoms with Crippen molar-refractivity contribution in [2.75, 3.05) is 31.2 Å². The first-order valence-corrected chi connectivity index (χ1v) is 10.3. The van der Waals surface area contributed by atoms with E-state index < -0.39 is 10.0 Å². The van der Waals surface area contributed by atoms with Crippen molar-refractivity contribution in [2.24, 2.45) is 5.92 Å². The van der Waals surface area contributed by atoms with Gasteiger partial charge in [-0.05, 0) is 30.2 Å². The highest BCUT2D eigenvalue weighted by Gasteiger charge is 2.24. The molecule has 0 spiro atoms. The van der Waals surface area contributed by atoms with E-state index in [1.54, 1.807) is 4.90 Å². The van der Waals surface area contributed by atoms with Crippen molar-refractivity contribution in [3.63, 3.8) is 0 Å². The molecule has 134 valence electrons. The minimum Gasteiger partial charge on any atom is -0.324 e. The fourth-order valence-corrected chi connectivity index (χ4v) is 3.75. The topological polar surface area (TPSA) is 78.5 Å². The zero-order valence-corrected chi connectivity index (χ0v) is 15.1. The fourth-order valence-electron chi connectivity index (χ4n) is 3.21. The fraction of sp³-hybridized carbons (Fsp3) is 0.389. The third-order valence-electron chi connectivity index (χ3n) is 4.47. The molecule has 1 atom stereocenters. The van der Waals surface area contributed by atoms with Gasteiger partial charge in [-0.25, -0.2) is 17.9 Å². The first-order chi connectivity index (χ1) is 11.9. The second kappa shape index (κ2) is 7.41. The summed E-state index contributed by atoms with van der Waals surface area (Å²) in [5, 5.41) is 5.08. The lowest BCUT2D eigenvalue weighted by molar-refractivity contribution is 0.178. The summed E-state index contributed by atoms with van der Waals surface area (Å²) < 4.78 is 25.0. The normalized spacial score (nSPS) is 18.3. The zero-order valence-electron chi connectivity index (χ0n) is 14.2. The van der Waals surface area contributed by atoms with Gasteiger partial charge in [0.2, 0.25) is 10.0 Å². The van der Waals surface area contributed by atoms with Gasteiger partial charge in [0, 0.05) is 25.0 Å². The maximum absolute atomic E-state index is 12.6. The zero-order chi connectivity index (χ0) is 17.9. The van der Waals surface area contributed by atoms with Gasteiger partial charge < -0.3 is 10.2 Å². The highest BCUT2D eigenvalue weighted by Crippen LogP contribution is 2.24. The van der Waals surface area contributed by atoms with Crippen LogP contribution in [-0.4, -0.2) is 45.2 Å². The van der Waals surface area contributed by atoms with Crippen molar-refractivity contribution in [3.05, 3.63) is 42.5 Å². The van der Waals surface area contributed by atoms with Crippen LogP contribution in [0.4, 0.5) is 10.5 Å². The Labute approximate surface area is 148 Å². The monoisotopic (exact) mass is 361 g/mol. The van der Waals surface area contributed by atoms with E-state index >= 15 is 0 Å². The molecular weight excluding hydrogens is 338 g/mol. The minimum atomic E-state index is -3.20. The summed E-state index contributed by atoms with van der Waals surface area (Å²) in [7, 11) is -3.20. The van der Waals surface area contributed by atoms with E-state index in [9.17, 15) is 13.2 Å². The molecule has 3 rings (SSSR count). The summed E-state index contributed by atoms with van der Waals surface area (Å²) in [6.07, 6.45) is 2.94. The van der Waals surface area contributed by atoms with Crippen molar-refractivity contribution in [1.82, 2.24) is 9.62 Å². The van der Waals surface area contributed by atoms with Gasteiger partial charge in [-0.1, -0.05) is 36.4 Å². The number of benzene rings is 2. The van der Waals surface area contributed by atoms with Crippen LogP contribution in [0.15, 0.2) is 42.5 Å². The van der Waals surface area contributed by atoms with Crippen LogP contribution in [0, 0.1) is 5.92 Å². The summed E-state index contributed by atoms with van der Waals surface area (Å²) in [6.45, 7) is 1.61. The number of rotatable bonds is 4. The van der Waals surface area contributed by atoms with Crippen molar-refractivity contribution in [2.45, 2.75) is 12.8 Å². The quantitative estimate of drug-likeness (QED) is 0.879. The van der Waals surface area contributed by atoms with E-state index in [1.165, 1.54) is 0 Å². The molecule has 1 heterocycles. The van der Waals surface area contributed by atoms with Crippen LogP contribution >= 0.6 is 0 Å². The summed E-state index contributed by atoms with van der Waals surface area (Å²) in [5.41, 5.74) is 0.791. The van der Waals surface area contributed by atoms with Crippen LogP contribution in [-0.2, 0) is 10.0 Å². The van der Waals surface area contributed by atoms with Crippen LogP contribution in [0.25, 0.3) is 10.8 Å². The average molecular weight is 361 g/mol. The lowest BCUT2D eigenvalue weighted by Crippen LogP contribution is -2.45. The van der Waals surface area contributed by atoms with E-state index in [4.69, 9.17) is 0 Å². The first kappa shape index (κ1) is 17.7. The molecule has 1 unspecified atom stereocenters. The van der Waals surface area contributed by atoms with Gasteiger partial charge in [-0.15, -0.1) is 0 Å². The molecule has 1 aliphatic heterocycles. The van der Waals surface area contributed by atoms with Crippen molar-refractivity contribution < 1.29 is 13.2 Å². The van der Waals surface area contributed by atoms with Crippen LogP contribution in [0.2, 0.25) is 0 Å². The number of hydrogen-bond donors (Lipinski definition) is 2. The average Bonchev–Trinajstić information content (AvgIpc) is 2.60. The number of hydrogen-bond acceptors (Lipinski definition) is 3. The molecule has 0 aliphatic carbocycles. The molecule has 0 aromatic heterocycles. The predicted molar refractivity (Wildman–Crippen MR) is 100 cm³/mol. The lowest BCUT2D eigenvalue weighted by Gasteiger charge is -2.32. The van der Waals surface area contributed by atoms with Crippen LogP contribution in [0.1, 0.15) is 12.8 Å². The molecule has 2 aromatic carbocycles. The summed E-state index contributed by atoms with van der Waals surface area (Å²) in [6, 6.07) is 13.6. The van der Waals surface area contributed by atoms with Crippen molar-refractivity contribution >= 4 is 32.5 Å². The van der Waals surface area contributed by atoms with E-state index in [1.807, 2.05) is 42.5 Å². The second-order valence-corrected chi connectivity index (χ2v) is 8.36. The Morgan fingerprint density at radius 1 is 1.20 bits per heavy atom. The number of amides is 2. The van der Waals surface area contributed by atoms with E-state index in [0.717, 1.165) is 35.6 Å². The van der Waals surface area contributed by atoms with Gasteiger partial charge in [0.1, 0.15) is 0 Å². The summed E-state index contributed by atoms with van der Waals surface area (Å²) in [5.74, 6) is 0.141. The molecule has 1 aliphatic rings. The van der Waals surface area contributed by atoms with Gasteiger partial charge in [0.25, 0.3) is 0 Å². The largest absolute Gasteiger partial charge is 0.324 e. The number of anilines is 1. The number of carbonyl (C=O) groups excluding carboxylic acids is 1. The summed E-state index contributed by atoms with van der Waals surface area (Å²) in [4.78, 5) is 14.4. The molecule has 25 heavy (non-hydrogen) atoms. The van der Waals surface area contributed by atoms with Gasteiger partial charge in [0.05, 0.1) is 11.9 Å². The van der Waals surface area contributed by atoms with E-state index in [-0.39, 0.29) is 11.9 Å². The van der Waals surface area contributed by atoms with Crippen LogP contribution in [0.3, 0.4) is 0 Å². The number of nitrogens with zero attached hydrogens (tertiary/aromatic N) is 1. The molecule has 0 bridgehead atoms. The number of sulfonamides is 1. The molecule has 0 radical (unpaired) electrons. The first-order valence-electron chi connectivity index (χ1n) is 8.41. The Morgan fingerprint density at radius 3 is 2.76 bits per heavy atom. The third kappa shape index (κ3) is 4.70. The maximum Gasteiger partial charge on any atom is 0.321 e. The number of piperidine rings is 1. The minimum absolute atomic E-state index is 0.139. The van der Waals surface area contributed by atoms with Crippen LogP contribution in [0.5, 0.6) is 0 Å². The van der Waals surface area contributed by atoms with Crippen LogP contribution < -0.4 is 10.0 Å². The highest BCUT2D eigenvalue weighted by molar-refractivity contribution is 7.88. The Morgan fingerprint density at radius 2 is 1.96 bits per heavy atom. The standard InChI is InChI=1S/C18H23N3O3S/c1-25(23,24)19-12-14-6-5-11-21(13-14)18(22)20-17-10-4-8-15-7-2-3-9-16(15)17/h2-4,7-10,14,19H,5-6,11-13H2,1H3,(H,20,22). The molecule has 2 N–H and O–H groups in total. The third-order valence-corrected chi connectivity index (χ3v) is 5.16. The highest BCUT2D eigenvalue weighted by atomic mass is 32.2. The number of urea groups is 1. The molecule has 1 fully saturated rings. The SMILES string of the molecule is CS(=O)(=O)NCC1CCCN(C(=O)Nc2cccc3ccccc23)C1. The molecule has 1 saturated heterocycles. The molecule has 0 saturated carbocycles. The lowest BCUT2D eigenvalue weighted by atomic mass is 9.99. The van der Waals surface area contributed by atoms with Gasteiger partial charge in [-0.2, -0.15) is 0 Å².